The molecule has 0 spiro atoms. The van der Waals surface area contributed by atoms with E-state index in [1.807, 2.05) is 6.07 Å². The SMILES string of the molecule is N#Cc1ncn(CC(=O)NC2CCCCCCC2)n1. The molecule has 1 aromatic heterocycles. The Labute approximate surface area is 112 Å². The molecule has 0 radical (unpaired) electrons. The molecule has 1 aliphatic rings. The minimum absolute atomic E-state index is 0.0556. The molecular formula is C13H19N5O. The van der Waals surface area contributed by atoms with Crippen LogP contribution in [0.2, 0.25) is 0 Å². The highest BCUT2D eigenvalue weighted by Crippen LogP contribution is 2.16. The first-order valence-electron chi connectivity index (χ1n) is 6.87. The standard InChI is InChI=1S/C13H19N5O/c14-8-12-15-10-18(17-12)9-13(19)16-11-6-4-2-1-3-5-7-11/h10-11H,1-7,9H2,(H,16,19). The van der Waals surface area contributed by atoms with Crippen LogP contribution in [0.15, 0.2) is 6.33 Å². The predicted octanol–water partition coefficient (Wildman–Crippen LogP) is 1.38. The molecule has 1 saturated carbocycles. The monoisotopic (exact) mass is 261 g/mol. The van der Waals surface area contributed by atoms with Crippen molar-refractivity contribution in [2.24, 2.45) is 0 Å². The van der Waals surface area contributed by atoms with E-state index in [4.69, 9.17) is 5.26 Å². The van der Waals surface area contributed by atoms with Gasteiger partial charge in [-0.05, 0) is 12.8 Å². The zero-order valence-electron chi connectivity index (χ0n) is 11.0. The minimum atomic E-state index is -0.0556. The largest absolute Gasteiger partial charge is 0.352 e. The van der Waals surface area contributed by atoms with Crippen LogP contribution >= 0.6 is 0 Å². The van der Waals surface area contributed by atoms with Crippen LogP contribution in [-0.2, 0) is 11.3 Å². The molecule has 6 nitrogen and oxygen atoms in total. The van der Waals surface area contributed by atoms with Crippen LogP contribution in [0.25, 0.3) is 0 Å². The average molecular weight is 261 g/mol. The molecule has 0 unspecified atom stereocenters. The molecule has 1 fully saturated rings. The summed E-state index contributed by atoms with van der Waals surface area (Å²) in [7, 11) is 0. The number of amides is 1. The molecule has 0 atom stereocenters. The number of carbonyl (C=O) groups is 1. The lowest BCUT2D eigenvalue weighted by Crippen LogP contribution is -2.37. The minimum Gasteiger partial charge on any atom is -0.352 e. The first kappa shape index (κ1) is 13.5. The van der Waals surface area contributed by atoms with Crippen molar-refractivity contribution in [3.05, 3.63) is 12.2 Å². The highest BCUT2D eigenvalue weighted by atomic mass is 16.2. The summed E-state index contributed by atoms with van der Waals surface area (Å²) in [6.07, 6.45) is 9.76. The fraction of sp³-hybridized carbons (Fsp3) is 0.692. The van der Waals surface area contributed by atoms with Crippen molar-refractivity contribution in [1.82, 2.24) is 20.1 Å². The van der Waals surface area contributed by atoms with Crippen molar-refractivity contribution >= 4 is 5.91 Å². The van der Waals surface area contributed by atoms with Gasteiger partial charge in [0, 0.05) is 6.04 Å². The molecule has 1 aliphatic carbocycles. The van der Waals surface area contributed by atoms with E-state index in [1.54, 1.807) is 0 Å². The molecule has 19 heavy (non-hydrogen) atoms. The highest BCUT2D eigenvalue weighted by molar-refractivity contribution is 5.75. The second kappa shape index (κ2) is 6.88. The normalized spacial score (nSPS) is 17.2. The van der Waals surface area contributed by atoms with E-state index in [0.29, 0.717) is 0 Å². The van der Waals surface area contributed by atoms with E-state index < -0.39 is 0 Å². The Balaban J connectivity index is 1.81. The molecule has 6 heteroatoms. The number of hydrogen-bond donors (Lipinski definition) is 1. The molecule has 0 aromatic carbocycles. The Kier molecular flexibility index (Phi) is 4.90. The van der Waals surface area contributed by atoms with Crippen LogP contribution in [-0.4, -0.2) is 26.7 Å². The van der Waals surface area contributed by atoms with Gasteiger partial charge in [-0.15, -0.1) is 5.10 Å². The van der Waals surface area contributed by atoms with E-state index in [-0.39, 0.29) is 24.3 Å². The van der Waals surface area contributed by atoms with E-state index in [1.165, 1.54) is 43.1 Å². The fourth-order valence-electron chi connectivity index (χ4n) is 2.44. The van der Waals surface area contributed by atoms with E-state index >= 15 is 0 Å². The van der Waals surface area contributed by atoms with Gasteiger partial charge in [-0.25, -0.2) is 9.67 Å². The number of nitrogens with zero attached hydrogens (tertiary/aromatic N) is 4. The molecule has 2 rings (SSSR count). The van der Waals surface area contributed by atoms with Crippen molar-refractivity contribution in [3.8, 4) is 6.07 Å². The van der Waals surface area contributed by atoms with Crippen molar-refractivity contribution in [2.45, 2.75) is 57.5 Å². The summed E-state index contributed by atoms with van der Waals surface area (Å²) >= 11 is 0. The van der Waals surface area contributed by atoms with Crippen LogP contribution in [0.5, 0.6) is 0 Å². The summed E-state index contributed by atoms with van der Waals surface area (Å²) in [5, 5.41) is 15.5. The molecule has 102 valence electrons. The van der Waals surface area contributed by atoms with Crippen molar-refractivity contribution in [2.75, 3.05) is 0 Å². The number of nitrogens with one attached hydrogen (secondary N) is 1. The van der Waals surface area contributed by atoms with Gasteiger partial charge in [0.2, 0.25) is 5.91 Å². The first-order chi connectivity index (χ1) is 9.28. The Morgan fingerprint density at radius 2 is 2.05 bits per heavy atom. The third kappa shape index (κ3) is 4.36. The maximum atomic E-state index is 11.9. The van der Waals surface area contributed by atoms with Crippen molar-refractivity contribution in [1.29, 1.82) is 5.26 Å². The Bertz CT molecular complexity index is 454. The third-order valence-electron chi connectivity index (χ3n) is 3.41. The Hall–Kier alpha value is -1.90. The first-order valence-corrected chi connectivity index (χ1v) is 6.87. The summed E-state index contributed by atoms with van der Waals surface area (Å²) in [4.78, 5) is 15.7. The Morgan fingerprint density at radius 1 is 1.37 bits per heavy atom. The van der Waals surface area contributed by atoms with Crippen LogP contribution < -0.4 is 5.32 Å². The van der Waals surface area contributed by atoms with Gasteiger partial charge in [0.25, 0.3) is 5.82 Å². The van der Waals surface area contributed by atoms with Gasteiger partial charge in [-0.1, -0.05) is 32.1 Å². The second-order valence-corrected chi connectivity index (χ2v) is 4.99. The molecule has 1 N–H and O–H groups in total. The van der Waals surface area contributed by atoms with Gasteiger partial charge < -0.3 is 5.32 Å². The Morgan fingerprint density at radius 3 is 2.68 bits per heavy atom. The van der Waals surface area contributed by atoms with Gasteiger partial charge in [0.1, 0.15) is 18.9 Å². The summed E-state index contributed by atoms with van der Waals surface area (Å²) < 4.78 is 1.40. The van der Waals surface area contributed by atoms with Crippen LogP contribution in [0, 0.1) is 11.3 Å². The molecule has 0 bridgehead atoms. The molecular weight excluding hydrogens is 242 g/mol. The van der Waals surface area contributed by atoms with Gasteiger partial charge in [0.15, 0.2) is 0 Å². The summed E-state index contributed by atoms with van der Waals surface area (Å²) in [5.41, 5.74) is 0. The van der Waals surface area contributed by atoms with E-state index in [2.05, 4.69) is 15.4 Å². The van der Waals surface area contributed by atoms with Gasteiger partial charge in [0.05, 0.1) is 0 Å². The molecule has 0 aliphatic heterocycles. The number of rotatable bonds is 3. The van der Waals surface area contributed by atoms with E-state index in [9.17, 15) is 4.79 Å². The smallest absolute Gasteiger partial charge is 0.252 e. The fourth-order valence-corrected chi connectivity index (χ4v) is 2.44. The zero-order chi connectivity index (χ0) is 13.5. The predicted molar refractivity (Wildman–Crippen MR) is 69.0 cm³/mol. The number of hydrogen-bond acceptors (Lipinski definition) is 4. The van der Waals surface area contributed by atoms with Gasteiger partial charge in [-0.3, -0.25) is 4.79 Å². The lowest BCUT2D eigenvalue weighted by molar-refractivity contribution is -0.122. The van der Waals surface area contributed by atoms with Crippen molar-refractivity contribution in [3.63, 3.8) is 0 Å². The number of carbonyl (C=O) groups excluding carboxylic acids is 1. The number of aromatic nitrogens is 3. The van der Waals surface area contributed by atoms with Gasteiger partial charge in [-0.2, -0.15) is 5.26 Å². The highest BCUT2D eigenvalue weighted by Gasteiger charge is 2.14. The quantitative estimate of drug-likeness (QED) is 0.890. The van der Waals surface area contributed by atoms with Gasteiger partial charge >= 0.3 is 0 Å². The summed E-state index contributed by atoms with van der Waals surface area (Å²) in [6, 6.07) is 2.13. The lowest BCUT2D eigenvalue weighted by atomic mass is 9.97. The molecule has 0 saturated heterocycles. The lowest BCUT2D eigenvalue weighted by Gasteiger charge is -2.20. The van der Waals surface area contributed by atoms with Crippen molar-refractivity contribution < 1.29 is 4.79 Å². The maximum absolute atomic E-state index is 11.9. The average Bonchev–Trinajstić information content (AvgIpc) is 2.80. The second-order valence-electron chi connectivity index (χ2n) is 4.99. The molecule has 1 aromatic rings. The van der Waals surface area contributed by atoms with Crippen LogP contribution in [0.3, 0.4) is 0 Å². The topological polar surface area (TPSA) is 83.6 Å². The van der Waals surface area contributed by atoms with E-state index in [0.717, 1.165) is 12.8 Å². The zero-order valence-corrected chi connectivity index (χ0v) is 11.0. The molecule has 1 heterocycles. The summed E-state index contributed by atoms with van der Waals surface area (Å²) in [5.74, 6) is 0.0405. The van der Waals surface area contributed by atoms with Crippen LogP contribution in [0.1, 0.15) is 50.8 Å². The summed E-state index contributed by atoms with van der Waals surface area (Å²) in [6.45, 7) is 0.130. The third-order valence-corrected chi connectivity index (χ3v) is 3.41. The maximum Gasteiger partial charge on any atom is 0.252 e. The molecule has 1 amide bonds. The van der Waals surface area contributed by atoms with Crippen LogP contribution in [0.4, 0.5) is 0 Å². The number of nitriles is 1.